The van der Waals surface area contributed by atoms with Crippen molar-refractivity contribution in [3.63, 3.8) is 0 Å². The van der Waals surface area contributed by atoms with Crippen molar-refractivity contribution in [1.82, 2.24) is 10.7 Å². The fourth-order valence-corrected chi connectivity index (χ4v) is 3.63. The third kappa shape index (κ3) is 4.76. The Morgan fingerprint density at radius 3 is 2.13 bits per heavy atom. The standard InChI is InChI=1S/C23H16Cl2FN3O2/c24-17-7-1-14(2-8-17)13-29-21(15-3-9-18(25)10-4-15)20(23(31)28-29)27-22(30)16-5-11-19(26)12-6-16/h1-13,20-21H,(H-,27,28,30,31)/p+1/b29-13-/t20-,21-/m1/s1. The molecule has 2 amide bonds. The molecule has 0 unspecified atom stereocenters. The van der Waals surface area contributed by atoms with Gasteiger partial charge in [0.25, 0.3) is 5.91 Å². The van der Waals surface area contributed by atoms with Crippen LogP contribution in [0.25, 0.3) is 0 Å². The number of benzene rings is 3. The molecule has 2 atom stereocenters. The van der Waals surface area contributed by atoms with E-state index in [-0.39, 0.29) is 11.5 Å². The number of hydrogen-bond acceptors (Lipinski definition) is 2. The van der Waals surface area contributed by atoms with Gasteiger partial charge in [-0.05, 0) is 60.7 Å². The van der Waals surface area contributed by atoms with Crippen LogP contribution in [0.3, 0.4) is 0 Å². The number of hydrazine groups is 1. The lowest BCUT2D eigenvalue weighted by atomic mass is 10.00. The number of rotatable bonds is 4. The Hall–Kier alpha value is -3.22. The van der Waals surface area contributed by atoms with Gasteiger partial charge in [0.05, 0.1) is 0 Å². The number of halogens is 3. The fraction of sp³-hybridized carbons (Fsp3) is 0.0870. The smallest absolute Gasteiger partial charge is 0.304 e. The molecule has 1 heterocycles. The highest BCUT2D eigenvalue weighted by molar-refractivity contribution is 6.30. The van der Waals surface area contributed by atoms with E-state index < -0.39 is 23.8 Å². The van der Waals surface area contributed by atoms with Crippen LogP contribution in [0.2, 0.25) is 10.0 Å². The fourth-order valence-electron chi connectivity index (χ4n) is 3.38. The van der Waals surface area contributed by atoms with Crippen LogP contribution in [0.1, 0.15) is 27.5 Å². The van der Waals surface area contributed by atoms with E-state index in [0.29, 0.717) is 10.0 Å². The first-order valence-electron chi connectivity index (χ1n) is 9.42. The van der Waals surface area contributed by atoms with Gasteiger partial charge in [-0.15, -0.1) is 10.1 Å². The van der Waals surface area contributed by atoms with Crippen LogP contribution in [0.4, 0.5) is 4.39 Å². The Morgan fingerprint density at radius 1 is 0.935 bits per heavy atom. The molecule has 0 radical (unpaired) electrons. The number of amides is 2. The summed E-state index contributed by atoms with van der Waals surface area (Å²) in [7, 11) is 0. The highest BCUT2D eigenvalue weighted by Crippen LogP contribution is 2.27. The summed E-state index contributed by atoms with van der Waals surface area (Å²) in [5, 5.41) is 3.92. The van der Waals surface area contributed by atoms with E-state index in [2.05, 4.69) is 10.7 Å². The zero-order valence-corrected chi connectivity index (χ0v) is 17.6. The molecule has 0 spiro atoms. The third-order valence-electron chi connectivity index (χ3n) is 4.90. The van der Waals surface area contributed by atoms with Crippen molar-refractivity contribution in [2.75, 3.05) is 0 Å². The predicted molar refractivity (Wildman–Crippen MR) is 117 cm³/mol. The molecule has 3 aromatic carbocycles. The average Bonchev–Trinajstić information content (AvgIpc) is 3.05. The SMILES string of the molecule is O=C(N[C@H]1C(=O)N/[N+](=C\c2ccc(Cl)cc2)[C@@H]1c1ccc(Cl)cc1)c1ccc(F)cc1. The number of hydrogen-bond donors (Lipinski definition) is 2. The molecular weight excluding hydrogens is 440 g/mol. The number of nitrogens with zero attached hydrogens (tertiary/aromatic N) is 1. The van der Waals surface area contributed by atoms with Crippen LogP contribution < -0.4 is 10.7 Å². The number of hydrazone groups is 1. The zero-order chi connectivity index (χ0) is 22.0. The maximum Gasteiger partial charge on any atom is 0.304 e. The summed E-state index contributed by atoms with van der Waals surface area (Å²) < 4.78 is 14.8. The lowest BCUT2D eigenvalue weighted by molar-refractivity contribution is -0.596. The maximum atomic E-state index is 13.2. The van der Waals surface area contributed by atoms with Gasteiger partial charge in [0.2, 0.25) is 12.3 Å². The van der Waals surface area contributed by atoms with Gasteiger partial charge in [0.1, 0.15) is 5.82 Å². The molecule has 2 N–H and O–H groups in total. The van der Waals surface area contributed by atoms with Crippen molar-refractivity contribution in [3.05, 3.63) is 105 Å². The van der Waals surface area contributed by atoms with Crippen LogP contribution in [0.15, 0.2) is 72.8 Å². The van der Waals surface area contributed by atoms with Crippen LogP contribution in [0.5, 0.6) is 0 Å². The zero-order valence-electron chi connectivity index (χ0n) is 16.1. The Bertz CT molecular complexity index is 1150. The lowest BCUT2D eigenvalue weighted by Gasteiger charge is -2.15. The van der Waals surface area contributed by atoms with Crippen molar-refractivity contribution < 1.29 is 18.7 Å². The Labute approximate surface area is 188 Å². The number of carbonyl (C=O) groups is 2. The van der Waals surface area contributed by atoms with E-state index in [1.54, 1.807) is 47.3 Å². The van der Waals surface area contributed by atoms with E-state index in [1.807, 2.05) is 12.1 Å². The van der Waals surface area contributed by atoms with Gasteiger partial charge in [-0.25, -0.2) is 4.39 Å². The summed E-state index contributed by atoms with van der Waals surface area (Å²) in [6, 6.07) is 17.9. The summed E-state index contributed by atoms with van der Waals surface area (Å²) in [4.78, 5) is 25.5. The largest absolute Gasteiger partial charge is 0.334 e. The van der Waals surface area contributed by atoms with Crippen LogP contribution in [-0.2, 0) is 4.79 Å². The van der Waals surface area contributed by atoms with E-state index >= 15 is 0 Å². The molecule has 1 aliphatic heterocycles. The highest BCUT2D eigenvalue weighted by Gasteiger charge is 2.47. The van der Waals surface area contributed by atoms with Gasteiger partial charge in [0, 0.05) is 26.7 Å². The van der Waals surface area contributed by atoms with E-state index in [4.69, 9.17) is 23.2 Å². The van der Waals surface area contributed by atoms with Crippen LogP contribution in [0, 0.1) is 5.82 Å². The molecule has 1 aliphatic rings. The van der Waals surface area contributed by atoms with Gasteiger partial charge >= 0.3 is 5.91 Å². The van der Waals surface area contributed by atoms with E-state index in [0.717, 1.165) is 11.1 Å². The second-order valence-corrected chi connectivity index (χ2v) is 7.89. The molecule has 0 aliphatic carbocycles. The predicted octanol–water partition coefficient (Wildman–Crippen LogP) is 4.15. The molecule has 4 rings (SSSR count). The minimum Gasteiger partial charge on any atom is -0.334 e. The van der Waals surface area contributed by atoms with Gasteiger partial charge < -0.3 is 5.32 Å². The van der Waals surface area contributed by atoms with E-state index in [1.165, 1.54) is 24.3 Å². The normalized spacial score (nSPS) is 19.3. The van der Waals surface area contributed by atoms with Crippen LogP contribution in [-0.4, -0.2) is 28.8 Å². The average molecular weight is 457 g/mol. The van der Waals surface area contributed by atoms with Gasteiger partial charge in [0.15, 0.2) is 6.04 Å². The van der Waals surface area contributed by atoms with Crippen molar-refractivity contribution in [2.45, 2.75) is 12.1 Å². The maximum absolute atomic E-state index is 13.2. The molecule has 31 heavy (non-hydrogen) atoms. The Kier molecular flexibility index (Phi) is 6.02. The molecule has 1 fully saturated rings. The second-order valence-electron chi connectivity index (χ2n) is 7.02. The second kappa shape index (κ2) is 8.88. The Morgan fingerprint density at radius 2 is 1.52 bits per heavy atom. The third-order valence-corrected chi connectivity index (χ3v) is 5.40. The van der Waals surface area contributed by atoms with Crippen molar-refractivity contribution in [1.29, 1.82) is 0 Å². The highest BCUT2D eigenvalue weighted by atomic mass is 35.5. The van der Waals surface area contributed by atoms with Gasteiger partial charge in [-0.1, -0.05) is 35.3 Å². The summed E-state index contributed by atoms with van der Waals surface area (Å²) in [6.45, 7) is 0. The van der Waals surface area contributed by atoms with Crippen molar-refractivity contribution >= 4 is 41.2 Å². The molecule has 5 nitrogen and oxygen atoms in total. The molecule has 156 valence electrons. The molecule has 0 aromatic heterocycles. The summed E-state index contributed by atoms with van der Waals surface area (Å²) in [5.74, 6) is -1.30. The number of carbonyl (C=O) groups excluding carboxylic acids is 2. The Balaban J connectivity index is 1.69. The monoisotopic (exact) mass is 456 g/mol. The summed E-state index contributed by atoms with van der Waals surface area (Å²) in [6.07, 6.45) is 1.76. The first-order chi connectivity index (χ1) is 14.9. The minimum absolute atomic E-state index is 0.254. The molecule has 0 saturated carbocycles. The first kappa shape index (κ1) is 21.0. The van der Waals surface area contributed by atoms with Gasteiger partial charge in [-0.2, -0.15) is 0 Å². The lowest BCUT2D eigenvalue weighted by Crippen LogP contribution is -2.42. The number of nitrogens with one attached hydrogen (secondary N) is 2. The van der Waals surface area contributed by atoms with Gasteiger partial charge in [-0.3, -0.25) is 9.59 Å². The van der Waals surface area contributed by atoms with Crippen LogP contribution >= 0.6 is 23.2 Å². The van der Waals surface area contributed by atoms with E-state index in [9.17, 15) is 14.0 Å². The summed E-state index contributed by atoms with van der Waals surface area (Å²) >= 11 is 12.0. The quantitative estimate of drug-likeness (QED) is 0.579. The molecule has 1 saturated heterocycles. The molecule has 3 aromatic rings. The minimum atomic E-state index is -0.887. The van der Waals surface area contributed by atoms with Crippen molar-refractivity contribution in [3.8, 4) is 0 Å². The summed E-state index contributed by atoms with van der Waals surface area (Å²) in [5.41, 5.74) is 4.64. The van der Waals surface area contributed by atoms with Crippen molar-refractivity contribution in [2.24, 2.45) is 0 Å². The molecular formula is C23H17Cl2FN3O2+. The topological polar surface area (TPSA) is 61.2 Å². The first-order valence-corrected chi connectivity index (χ1v) is 10.2. The molecule has 8 heteroatoms. The molecule has 0 bridgehead atoms.